The van der Waals surface area contributed by atoms with E-state index in [1.165, 1.54) is 12.7 Å². The molecule has 0 unspecified atom stereocenters. The van der Waals surface area contributed by atoms with Gasteiger partial charge in [-0.15, -0.1) is 0 Å². The fourth-order valence-electron chi connectivity index (χ4n) is 1.41. The van der Waals surface area contributed by atoms with Crippen LogP contribution in [0.2, 0.25) is 0 Å². The molecule has 2 rings (SSSR count). The van der Waals surface area contributed by atoms with Crippen LogP contribution in [0.5, 0.6) is 0 Å². The molecule has 0 amide bonds. The van der Waals surface area contributed by atoms with E-state index in [0.717, 1.165) is 0 Å². The van der Waals surface area contributed by atoms with E-state index >= 15 is 0 Å². The Balaban J connectivity index is 2.00. The van der Waals surface area contributed by atoms with Crippen molar-refractivity contribution in [2.24, 2.45) is 0 Å². The van der Waals surface area contributed by atoms with E-state index in [1.807, 2.05) is 0 Å². The summed E-state index contributed by atoms with van der Waals surface area (Å²) in [7, 11) is -4.12. The van der Waals surface area contributed by atoms with E-state index in [4.69, 9.17) is 20.3 Å². The molecular formula is C8H12N5O4P. The number of hydrogen-bond acceptors (Lipinski definition) is 6. The van der Waals surface area contributed by atoms with Crippen molar-refractivity contribution in [2.75, 3.05) is 18.7 Å². The van der Waals surface area contributed by atoms with E-state index in [9.17, 15) is 4.57 Å². The minimum atomic E-state index is -4.12. The fraction of sp³-hybridized carbons (Fsp3) is 0.375. The first-order valence-electron chi connectivity index (χ1n) is 5.01. The Morgan fingerprint density at radius 2 is 2.28 bits per heavy atom. The first kappa shape index (κ1) is 12.9. The molecule has 0 bridgehead atoms. The number of anilines is 1. The second-order valence-corrected chi connectivity index (χ2v) is 5.16. The van der Waals surface area contributed by atoms with Crippen molar-refractivity contribution in [3.05, 3.63) is 12.7 Å². The standard InChI is InChI=1S/C8H12N5O4P/c9-7-6-8(11-3-10-7)13(4-12-6)1-2-17-5-18(14,15)16/h3-4H,1-2,5H2,(H2,9,10,11)(H2,14,15,16)/i4+2. The van der Waals surface area contributed by atoms with Crippen molar-refractivity contribution < 1.29 is 19.1 Å². The highest BCUT2D eigenvalue weighted by Crippen LogP contribution is 2.33. The van der Waals surface area contributed by atoms with Gasteiger partial charge in [0.05, 0.1) is 12.9 Å². The van der Waals surface area contributed by atoms with Gasteiger partial charge >= 0.3 is 7.60 Å². The predicted molar refractivity (Wildman–Crippen MR) is 62.6 cm³/mol. The molecule has 0 aliphatic carbocycles. The zero-order valence-corrected chi connectivity index (χ0v) is 10.2. The fourth-order valence-corrected chi connectivity index (χ4v) is 1.78. The van der Waals surface area contributed by atoms with Crippen LogP contribution >= 0.6 is 7.60 Å². The molecule has 98 valence electrons. The number of nitrogens with zero attached hydrogens (tertiary/aromatic N) is 4. The Labute approximate surface area is 102 Å². The zero-order chi connectivity index (χ0) is 13.2. The van der Waals surface area contributed by atoms with Crippen LogP contribution in [0.4, 0.5) is 5.82 Å². The number of hydrogen-bond donors (Lipinski definition) is 3. The molecule has 9 nitrogen and oxygen atoms in total. The van der Waals surface area contributed by atoms with Crippen LogP contribution in [0.3, 0.4) is 0 Å². The number of imidazole rings is 1. The molecule has 0 spiro atoms. The maximum Gasteiger partial charge on any atom is 0.350 e. The number of fused-ring (bicyclic) bond motifs is 1. The second-order valence-electron chi connectivity index (χ2n) is 3.57. The average molecular weight is 275 g/mol. The van der Waals surface area contributed by atoms with Gasteiger partial charge in [0, 0.05) is 6.54 Å². The Hall–Kier alpha value is -1.54. The summed E-state index contributed by atoms with van der Waals surface area (Å²) in [4.78, 5) is 29.1. The summed E-state index contributed by atoms with van der Waals surface area (Å²) in [6.07, 6.45) is 2.25. The number of aromatic nitrogens is 4. The molecule has 0 radical (unpaired) electrons. The van der Waals surface area contributed by atoms with Crippen LogP contribution < -0.4 is 5.73 Å². The third kappa shape index (κ3) is 3.02. The van der Waals surface area contributed by atoms with Crippen LogP contribution in [0.15, 0.2) is 12.7 Å². The van der Waals surface area contributed by atoms with E-state index in [0.29, 0.717) is 17.7 Å². The highest BCUT2D eigenvalue weighted by molar-refractivity contribution is 7.51. The van der Waals surface area contributed by atoms with Crippen molar-refractivity contribution >= 4 is 24.6 Å². The van der Waals surface area contributed by atoms with Gasteiger partial charge in [-0.2, -0.15) is 0 Å². The summed E-state index contributed by atoms with van der Waals surface area (Å²) in [5, 5.41) is 0. The van der Waals surface area contributed by atoms with Gasteiger partial charge in [0.1, 0.15) is 18.2 Å². The maximum absolute atomic E-state index is 10.6. The first-order valence-corrected chi connectivity index (χ1v) is 6.81. The minimum absolute atomic E-state index is 0.139. The van der Waals surface area contributed by atoms with E-state index in [2.05, 4.69) is 15.0 Å². The predicted octanol–water partition coefficient (Wildman–Crippen LogP) is -0.440. The number of nitrogen functional groups attached to an aromatic ring is 1. The molecule has 0 fully saturated rings. The van der Waals surface area contributed by atoms with Crippen molar-refractivity contribution in [3.8, 4) is 0 Å². The summed E-state index contributed by atoms with van der Waals surface area (Å²) in [5.41, 5.74) is 6.67. The average Bonchev–Trinajstić information content (AvgIpc) is 2.68. The molecule has 4 N–H and O–H groups in total. The van der Waals surface area contributed by atoms with Crippen molar-refractivity contribution in [3.63, 3.8) is 0 Å². The Morgan fingerprint density at radius 1 is 1.50 bits per heavy atom. The molecule has 0 aliphatic rings. The third-order valence-electron chi connectivity index (χ3n) is 2.17. The van der Waals surface area contributed by atoms with Crippen molar-refractivity contribution in [2.45, 2.75) is 6.54 Å². The van der Waals surface area contributed by atoms with Crippen LogP contribution in [-0.2, 0) is 15.8 Å². The number of rotatable bonds is 5. The normalized spacial score (nSPS) is 12.1. The van der Waals surface area contributed by atoms with Crippen LogP contribution in [-0.4, -0.2) is 42.3 Å². The lowest BCUT2D eigenvalue weighted by Gasteiger charge is -2.06. The molecular weight excluding hydrogens is 263 g/mol. The topological polar surface area (TPSA) is 136 Å². The molecule has 2 aromatic heterocycles. The van der Waals surface area contributed by atoms with Gasteiger partial charge in [-0.1, -0.05) is 0 Å². The van der Waals surface area contributed by atoms with Crippen LogP contribution in [0.25, 0.3) is 11.2 Å². The number of nitrogens with two attached hydrogens (primary N) is 1. The van der Waals surface area contributed by atoms with Gasteiger partial charge in [0.15, 0.2) is 11.5 Å². The first-order chi connectivity index (χ1) is 8.47. The van der Waals surface area contributed by atoms with Crippen LogP contribution in [0, 0.1) is 0 Å². The summed E-state index contributed by atoms with van der Waals surface area (Å²) >= 11 is 0. The largest absolute Gasteiger partial charge is 0.382 e. The minimum Gasteiger partial charge on any atom is -0.382 e. The Morgan fingerprint density at radius 3 is 3.00 bits per heavy atom. The van der Waals surface area contributed by atoms with Crippen molar-refractivity contribution in [1.29, 1.82) is 0 Å². The van der Waals surface area contributed by atoms with Gasteiger partial charge in [-0.3, -0.25) is 4.57 Å². The second kappa shape index (κ2) is 4.99. The Kier molecular flexibility index (Phi) is 3.58. The lowest BCUT2D eigenvalue weighted by molar-refractivity contribution is 0.149. The third-order valence-corrected chi connectivity index (χ3v) is 2.68. The number of ether oxygens (including phenoxy) is 1. The highest BCUT2D eigenvalue weighted by atomic mass is 31.2. The summed E-state index contributed by atoms with van der Waals surface area (Å²) in [5.74, 6) is 0.287. The van der Waals surface area contributed by atoms with E-state index < -0.39 is 13.9 Å². The van der Waals surface area contributed by atoms with E-state index in [-0.39, 0.29) is 12.4 Å². The molecule has 2 heterocycles. The monoisotopic (exact) mass is 275 g/mol. The molecule has 2 aromatic rings. The lowest BCUT2D eigenvalue weighted by atomic mass is 10.5. The molecule has 0 saturated heterocycles. The molecule has 18 heavy (non-hydrogen) atoms. The summed E-state index contributed by atoms with van der Waals surface area (Å²) in [6, 6.07) is 0. The van der Waals surface area contributed by atoms with Gasteiger partial charge in [-0.05, 0) is 0 Å². The van der Waals surface area contributed by atoms with Gasteiger partial charge in [0.2, 0.25) is 0 Å². The van der Waals surface area contributed by atoms with E-state index in [1.54, 1.807) is 4.57 Å². The lowest BCUT2D eigenvalue weighted by Crippen LogP contribution is -2.07. The van der Waals surface area contributed by atoms with Crippen molar-refractivity contribution in [1.82, 2.24) is 19.5 Å². The van der Waals surface area contributed by atoms with Gasteiger partial charge < -0.3 is 24.8 Å². The van der Waals surface area contributed by atoms with Gasteiger partial charge in [0.25, 0.3) is 0 Å². The molecule has 10 heteroatoms. The SMILES string of the molecule is Nc1ncnc2c1n[14cH]n2CCOCP(=O)(O)O. The summed E-state index contributed by atoms with van der Waals surface area (Å²) in [6.45, 7) is 0.507. The zero-order valence-electron chi connectivity index (χ0n) is 9.30. The Bertz CT molecular complexity index is 594. The van der Waals surface area contributed by atoms with Gasteiger partial charge in [-0.25, -0.2) is 15.0 Å². The maximum atomic E-state index is 10.6. The molecule has 0 saturated carbocycles. The molecule has 0 atom stereocenters. The van der Waals surface area contributed by atoms with Crippen LogP contribution in [0.1, 0.15) is 0 Å². The molecule has 0 aromatic carbocycles. The quantitative estimate of drug-likeness (QED) is 0.493. The smallest absolute Gasteiger partial charge is 0.350 e. The summed E-state index contributed by atoms with van der Waals surface area (Å²) < 4.78 is 17.1. The molecule has 0 aliphatic heterocycles. The highest BCUT2D eigenvalue weighted by Gasteiger charge is 2.13.